The largest absolute Gasteiger partial charge is 0.384 e. The fourth-order valence-corrected chi connectivity index (χ4v) is 3.80. The van der Waals surface area contributed by atoms with Gasteiger partial charge in [-0.1, -0.05) is 33.8 Å². The number of alkyl halides is 16. The lowest BCUT2D eigenvalue weighted by atomic mass is 9.88. The lowest BCUT2D eigenvalue weighted by Crippen LogP contribution is -2.73. The van der Waals surface area contributed by atoms with E-state index in [9.17, 15) is 79.8 Å². The molecule has 1 rings (SSSR count). The van der Waals surface area contributed by atoms with E-state index in [0.717, 1.165) is 6.42 Å². The summed E-state index contributed by atoms with van der Waals surface area (Å²) in [6.45, 7) is 6.54. The van der Waals surface area contributed by atoms with Crippen LogP contribution in [0, 0.1) is 11.8 Å². The average molecular weight is 741 g/mol. The third-order valence-electron chi connectivity index (χ3n) is 6.83. The molecule has 0 fully saturated rings. The quantitative estimate of drug-likeness (QED) is 0.124. The molecule has 0 aliphatic heterocycles. The van der Waals surface area contributed by atoms with Crippen LogP contribution in [0.1, 0.15) is 58.3 Å². The summed E-state index contributed by atoms with van der Waals surface area (Å²) in [5.74, 6) is -55.7. The number of thiophene rings is 1. The van der Waals surface area contributed by atoms with Crippen LogP contribution in [0.5, 0.6) is 0 Å². The van der Waals surface area contributed by atoms with Crippen LogP contribution in [-0.2, 0) is 16.1 Å². The molecular formula is C26H32F16N2O2S. The van der Waals surface area contributed by atoms with Crippen LogP contribution in [-0.4, -0.2) is 66.2 Å². The molecule has 2 unspecified atom stereocenters. The van der Waals surface area contributed by atoms with Crippen molar-refractivity contribution in [2.45, 2.75) is 108 Å². The van der Waals surface area contributed by atoms with Gasteiger partial charge in [0, 0.05) is 29.7 Å². The van der Waals surface area contributed by atoms with Crippen molar-refractivity contribution in [1.82, 2.24) is 10.6 Å². The molecule has 0 radical (unpaired) electrons. The first-order chi connectivity index (χ1) is 21.0. The second-order valence-corrected chi connectivity index (χ2v) is 11.3. The Bertz CT molecular complexity index is 1130. The van der Waals surface area contributed by atoms with Crippen molar-refractivity contribution in [3.63, 3.8) is 0 Å². The van der Waals surface area contributed by atoms with Crippen LogP contribution in [0.25, 0.3) is 0 Å². The highest BCUT2D eigenvalue weighted by Gasteiger charge is 2.93. The van der Waals surface area contributed by atoms with Crippen molar-refractivity contribution in [3.05, 3.63) is 22.4 Å². The third kappa shape index (κ3) is 9.36. The van der Waals surface area contributed by atoms with E-state index in [1.807, 2.05) is 36.7 Å². The topological polar surface area (TPSA) is 58.2 Å². The van der Waals surface area contributed by atoms with Gasteiger partial charge in [-0.05, 0) is 30.7 Å². The number of carbonyl (C=O) groups is 2. The van der Waals surface area contributed by atoms with Crippen molar-refractivity contribution in [2.24, 2.45) is 11.8 Å². The molecule has 0 aromatic carbocycles. The lowest BCUT2D eigenvalue weighted by Gasteiger charge is -2.42. The van der Waals surface area contributed by atoms with Gasteiger partial charge < -0.3 is 10.6 Å². The second kappa shape index (κ2) is 16.3. The number of hydrogen-bond acceptors (Lipinski definition) is 3. The van der Waals surface area contributed by atoms with E-state index in [2.05, 4.69) is 5.32 Å². The Labute approximate surface area is 262 Å². The first kappa shape index (κ1) is 44.5. The van der Waals surface area contributed by atoms with Crippen molar-refractivity contribution < 1.29 is 79.8 Å². The first-order valence-electron chi connectivity index (χ1n) is 13.6. The van der Waals surface area contributed by atoms with E-state index >= 15 is 0 Å². The molecule has 21 heteroatoms. The van der Waals surface area contributed by atoms with Gasteiger partial charge >= 0.3 is 47.9 Å². The molecule has 0 spiro atoms. The van der Waals surface area contributed by atoms with Gasteiger partial charge in [0.15, 0.2) is 0 Å². The minimum absolute atomic E-state index is 0.125. The normalized spacial score (nSPS) is 15.1. The Morgan fingerprint density at radius 2 is 1.13 bits per heavy atom. The van der Waals surface area contributed by atoms with Gasteiger partial charge in [0.1, 0.15) is 0 Å². The zero-order valence-electron chi connectivity index (χ0n) is 25.0. The van der Waals surface area contributed by atoms with Crippen LogP contribution in [0.4, 0.5) is 70.2 Å². The van der Waals surface area contributed by atoms with Crippen LogP contribution in [0.15, 0.2) is 17.5 Å². The number of halogens is 16. The van der Waals surface area contributed by atoms with E-state index in [1.54, 1.807) is 11.3 Å². The fourth-order valence-electron chi connectivity index (χ4n) is 3.15. The highest BCUT2D eigenvalue weighted by molar-refractivity contribution is 7.09. The summed E-state index contributed by atoms with van der Waals surface area (Å²) in [5.41, 5.74) is 0. The minimum Gasteiger partial charge on any atom is -0.356 e. The monoisotopic (exact) mass is 740 g/mol. The summed E-state index contributed by atoms with van der Waals surface area (Å²) in [5, 5.41) is 6.80. The van der Waals surface area contributed by atoms with E-state index in [0.29, 0.717) is 6.54 Å². The molecule has 0 bridgehead atoms. The Morgan fingerprint density at radius 1 is 0.702 bits per heavy atom. The summed E-state index contributed by atoms with van der Waals surface area (Å²) in [6, 6.07) is 4.02. The molecule has 0 saturated carbocycles. The summed E-state index contributed by atoms with van der Waals surface area (Å²) < 4.78 is 211. The zero-order valence-corrected chi connectivity index (χ0v) is 25.8. The maximum atomic E-state index is 13.6. The van der Waals surface area contributed by atoms with Gasteiger partial charge in [-0.25, -0.2) is 8.78 Å². The molecule has 0 saturated heterocycles. The molecule has 1 aromatic rings. The van der Waals surface area contributed by atoms with Gasteiger partial charge in [0.2, 0.25) is 11.8 Å². The number of hydrogen-bond donors (Lipinski definition) is 2. The minimum atomic E-state index is -8.39. The number of carbonyl (C=O) groups excluding carboxylic acids is 2. The smallest absolute Gasteiger partial charge is 0.356 e. The molecule has 0 aliphatic rings. The predicted octanol–water partition coefficient (Wildman–Crippen LogP) is 9.05. The molecule has 2 amide bonds. The maximum Gasteiger partial charge on any atom is 0.384 e. The first-order valence-corrected chi connectivity index (χ1v) is 14.4. The van der Waals surface area contributed by atoms with E-state index in [1.165, 1.54) is 18.7 Å². The molecule has 1 aromatic heterocycles. The third-order valence-corrected chi connectivity index (χ3v) is 7.71. The Balaban J connectivity index is 0.00000134. The second-order valence-electron chi connectivity index (χ2n) is 10.3. The van der Waals surface area contributed by atoms with E-state index in [4.69, 9.17) is 0 Å². The summed E-state index contributed by atoms with van der Waals surface area (Å²) in [6.07, 6.45) is -8.60. The van der Waals surface area contributed by atoms with Gasteiger partial charge in [-0.3, -0.25) is 9.59 Å². The van der Waals surface area contributed by atoms with E-state index in [-0.39, 0.29) is 18.2 Å². The Hall–Kier alpha value is -2.48. The fraction of sp³-hybridized carbons (Fsp3) is 0.769. The van der Waals surface area contributed by atoms with Crippen LogP contribution >= 0.6 is 11.3 Å². The average Bonchev–Trinajstić information content (AvgIpc) is 3.50. The highest BCUT2D eigenvalue weighted by atomic mass is 32.1. The molecule has 1 heterocycles. The number of amides is 2. The molecule has 2 atom stereocenters. The maximum absolute atomic E-state index is 13.6. The van der Waals surface area contributed by atoms with E-state index < -0.39 is 79.1 Å². The SMILES string of the molecule is CCC(C)C(=O)NCCCC(F)(F)C(F)(F)C(F)(F)C(F)(F)C(F)(F)C(F)(F)C(F)(F)C(F)F.CCC(C)C(=O)NCc1cccs1. The Morgan fingerprint density at radius 3 is 1.53 bits per heavy atom. The summed E-state index contributed by atoms with van der Waals surface area (Å²) in [7, 11) is 0. The van der Waals surface area contributed by atoms with Crippen molar-refractivity contribution in [2.75, 3.05) is 6.54 Å². The number of nitrogens with one attached hydrogen (secondary N) is 2. The standard InChI is InChI=1S/C16H17F16NO.C10H15NOS/c1-3-7(2)8(34)33-6-4-5-10(19,20)12(23,24)14(27,28)16(31,32)15(29,30)13(25,26)11(21,22)9(17)18;1-3-8(2)10(12)11-7-9-5-4-6-13-9/h7,9H,3-6H2,1-2H3,(H,33,34);4-6,8H,3,7H2,1-2H3,(H,11,12). The van der Waals surface area contributed by atoms with Gasteiger partial charge in [0.25, 0.3) is 0 Å². The molecule has 4 nitrogen and oxygen atoms in total. The predicted molar refractivity (Wildman–Crippen MR) is 138 cm³/mol. The van der Waals surface area contributed by atoms with Crippen molar-refractivity contribution >= 4 is 23.2 Å². The van der Waals surface area contributed by atoms with Crippen LogP contribution in [0.2, 0.25) is 0 Å². The molecule has 276 valence electrons. The van der Waals surface area contributed by atoms with Gasteiger partial charge in [-0.2, -0.15) is 61.5 Å². The van der Waals surface area contributed by atoms with Crippen LogP contribution < -0.4 is 10.6 Å². The lowest BCUT2D eigenvalue weighted by molar-refractivity contribution is -0.447. The van der Waals surface area contributed by atoms with Gasteiger partial charge in [0.05, 0.1) is 6.54 Å². The summed E-state index contributed by atoms with van der Waals surface area (Å²) in [4.78, 5) is 24.0. The van der Waals surface area contributed by atoms with Crippen molar-refractivity contribution in [1.29, 1.82) is 0 Å². The highest BCUT2D eigenvalue weighted by Crippen LogP contribution is 2.63. The van der Waals surface area contributed by atoms with Crippen molar-refractivity contribution in [3.8, 4) is 0 Å². The molecular weight excluding hydrogens is 708 g/mol. The molecule has 0 aliphatic carbocycles. The number of rotatable bonds is 17. The molecule has 2 N–H and O–H groups in total. The summed E-state index contributed by atoms with van der Waals surface area (Å²) >= 11 is 1.67. The molecule has 47 heavy (non-hydrogen) atoms. The zero-order chi connectivity index (χ0) is 37.4. The van der Waals surface area contributed by atoms with Crippen LogP contribution in [0.3, 0.4) is 0 Å². The Kier molecular flexibility index (Phi) is 15.4. The van der Waals surface area contributed by atoms with Gasteiger partial charge in [-0.15, -0.1) is 11.3 Å².